The molecule has 2 rings (SSSR count). The standard InChI is InChI=1S/C17H24N2O3/c1-12-10-15(8-9-18-12)17(22)19(11-16(20)21)13(2)14-6-4-3-5-7-14/h8-10,13-14H,3-7,11H2,1-2H3,(H,20,21). The summed E-state index contributed by atoms with van der Waals surface area (Å²) < 4.78 is 0. The third-order valence-corrected chi connectivity index (χ3v) is 4.53. The first-order valence-corrected chi connectivity index (χ1v) is 7.94. The van der Waals surface area contributed by atoms with Crippen molar-refractivity contribution in [2.24, 2.45) is 5.92 Å². The van der Waals surface area contributed by atoms with Crippen LogP contribution in [-0.4, -0.2) is 39.5 Å². The molecule has 1 unspecified atom stereocenters. The van der Waals surface area contributed by atoms with Gasteiger partial charge in [0.15, 0.2) is 0 Å². The number of carboxylic acids is 1. The Morgan fingerprint density at radius 3 is 2.64 bits per heavy atom. The molecule has 1 aliphatic carbocycles. The van der Waals surface area contributed by atoms with Crippen molar-refractivity contribution in [1.29, 1.82) is 0 Å². The fraction of sp³-hybridized carbons (Fsp3) is 0.588. The minimum absolute atomic E-state index is 0.0580. The summed E-state index contributed by atoms with van der Waals surface area (Å²) in [5, 5.41) is 9.18. The number of aromatic nitrogens is 1. The van der Waals surface area contributed by atoms with Crippen molar-refractivity contribution in [3.63, 3.8) is 0 Å². The quantitative estimate of drug-likeness (QED) is 0.908. The second kappa shape index (κ2) is 7.38. The van der Waals surface area contributed by atoms with Gasteiger partial charge >= 0.3 is 5.97 Å². The molecule has 1 saturated carbocycles. The Bertz CT molecular complexity index is 538. The van der Waals surface area contributed by atoms with Gasteiger partial charge in [0.1, 0.15) is 6.54 Å². The predicted octanol–water partition coefficient (Wildman–Crippen LogP) is 2.89. The molecule has 120 valence electrons. The van der Waals surface area contributed by atoms with Gasteiger partial charge < -0.3 is 10.0 Å². The third-order valence-electron chi connectivity index (χ3n) is 4.53. The molecule has 0 spiro atoms. The molecule has 1 amide bonds. The lowest BCUT2D eigenvalue weighted by Crippen LogP contribution is -2.46. The minimum Gasteiger partial charge on any atom is -0.480 e. The number of aryl methyl sites for hydroxylation is 1. The van der Waals surface area contributed by atoms with Crippen LogP contribution in [0.1, 0.15) is 55.1 Å². The molecule has 1 heterocycles. The fourth-order valence-electron chi connectivity index (χ4n) is 3.26. The van der Waals surface area contributed by atoms with E-state index in [0.29, 0.717) is 11.5 Å². The molecule has 0 bridgehead atoms. The lowest BCUT2D eigenvalue weighted by Gasteiger charge is -2.36. The molecular formula is C17H24N2O3. The van der Waals surface area contributed by atoms with Crippen LogP contribution in [0.25, 0.3) is 0 Å². The van der Waals surface area contributed by atoms with Gasteiger partial charge in [-0.05, 0) is 44.7 Å². The summed E-state index contributed by atoms with van der Waals surface area (Å²) in [5.41, 5.74) is 1.27. The highest BCUT2D eigenvalue weighted by Crippen LogP contribution is 2.29. The van der Waals surface area contributed by atoms with Crippen LogP contribution in [0, 0.1) is 12.8 Å². The molecule has 1 aromatic rings. The number of rotatable bonds is 5. The van der Waals surface area contributed by atoms with Crippen molar-refractivity contribution >= 4 is 11.9 Å². The maximum absolute atomic E-state index is 12.8. The lowest BCUT2D eigenvalue weighted by molar-refractivity contribution is -0.138. The average molecular weight is 304 g/mol. The summed E-state index contributed by atoms with van der Waals surface area (Å²) in [6.45, 7) is 3.55. The summed E-state index contributed by atoms with van der Waals surface area (Å²) in [6, 6.07) is 3.31. The van der Waals surface area contributed by atoms with Crippen LogP contribution in [-0.2, 0) is 4.79 Å². The Hall–Kier alpha value is -1.91. The van der Waals surface area contributed by atoms with Gasteiger partial charge in [-0.3, -0.25) is 14.6 Å². The Morgan fingerprint density at radius 1 is 1.36 bits per heavy atom. The number of carbonyl (C=O) groups excluding carboxylic acids is 1. The van der Waals surface area contributed by atoms with Crippen LogP contribution in [0.5, 0.6) is 0 Å². The topological polar surface area (TPSA) is 70.5 Å². The fourth-order valence-corrected chi connectivity index (χ4v) is 3.26. The zero-order valence-electron chi connectivity index (χ0n) is 13.3. The molecule has 1 atom stereocenters. The number of pyridine rings is 1. The number of carbonyl (C=O) groups is 2. The summed E-state index contributed by atoms with van der Waals surface area (Å²) >= 11 is 0. The van der Waals surface area contributed by atoms with E-state index in [2.05, 4.69) is 4.98 Å². The second-order valence-corrected chi connectivity index (χ2v) is 6.15. The largest absolute Gasteiger partial charge is 0.480 e. The van der Waals surface area contributed by atoms with Gasteiger partial charge in [0.05, 0.1) is 0 Å². The van der Waals surface area contributed by atoms with E-state index in [9.17, 15) is 14.7 Å². The van der Waals surface area contributed by atoms with Crippen molar-refractivity contribution in [3.05, 3.63) is 29.6 Å². The number of nitrogens with zero attached hydrogens (tertiary/aromatic N) is 2. The average Bonchev–Trinajstić information content (AvgIpc) is 2.52. The minimum atomic E-state index is -0.971. The predicted molar refractivity (Wildman–Crippen MR) is 83.7 cm³/mol. The highest BCUT2D eigenvalue weighted by Gasteiger charge is 2.30. The summed E-state index contributed by atoms with van der Waals surface area (Å²) in [5.74, 6) is -0.798. The summed E-state index contributed by atoms with van der Waals surface area (Å²) in [7, 11) is 0. The first kappa shape index (κ1) is 16.5. The Balaban J connectivity index is 2.20. The van der Waals surface area contributed by atoms with Crippen molar-refractivity contribution in [1.82, 2.24) is 9.88 Å². The van der Waals surface area contributed by atoms with Crippen LogP contribution >= 0.6 is 0 Å². The number of amides is 1. The first-order valence-electron chi connectivity index (χ1n) is 7.94. The Labute approximate surface area is 131 Å². The second-order valence-electron chi connectivity index (χ2n) is 6.15. The monoisotopic (exact) mass is 304 g/mol. The molecule has 5 nitrogen and oxygen atoms in total. The maximum Gasteiger partial charge on any atom is 0.323 e. The molecule has 5 heteroatoms. The van der Waals surface area contributed by atoms with Crippen LogP contribution in [0.3, 0.4) is 0 Å². The molecule has 0 aromatic carbocycles. The zero-order chi connectivity index (χ0) is 16.1. The van der Waals surface area contributed by atoms with Crippen molar-refractivity contribution in [3.8, 4) is 0 Å². The summed E-state index contributed by atoms with van der Waals surface area (Å²) in [4.78, 5) is 29.5. The Morgan fingerprint density at radius 2 is 2.05 bits per heavy atom. The number of aliphatic carboxylic acids is 1. The van der Waals surface area contributed by atoms with Crippen LogP contribution < -0.4 is 0 Å². The normalized spacial score (nSPS) is 17.0. The lowest BCUT2D eigenvalue weighted by atomic mass is 9.83. The van der Waals surface area contributed by atoms with Crippen molar-refractivity contribution in [2.75, 3.05) is 6.54 Å². The van der Waals surface area contributed by atoms with Gasteiger partial charge in [-0.25, -0.2) is 0 Å². The first-order chi connectivity index (χ1) is 10.5. The number of hydrogen-bond acceptors (Lipinski definition) is 3. The molecule has 1 aromatic heterocycles. The molecule has 0 radical (unpaired) electrons. The molecule has 0 saturated heterocycles. The van der Waals surface area contributed by atoms with E-state index < -0.39 is 5.97 Å². The van der Waals surface area contributed by atoms with E-state index >= 15 is 0 Å². The molecule has 1 aliphatic rings. The summed E-state index contributed by atoms with van der Waals surface area (Å²) in [6.07, 6.45) is 7.29. The van der Waals surface area contributed by atoms with Gasteiger partial charge in [0.25, 0.3) is 5.91 Å². The van der Waals surface area contributed by atoms with Gasteiger partial charge in [-0.1, -0.05) is 19.3 Å². The van der Waals surface area contributed by atoms with Crippen LogP contribution in [0.4, 0.5) is 0 Å². The molecule has 0 aliphatic heterocycles. The van der Waals surface area contributed by atoms with E-state index in [4.69, 9.17) is 0 Å². The number of carboxylic acid groups (broad SMARTS) is 1. The van der Waals surface area contributed by atoms with Gasteiger partial charge in [0, 0.05) is 23.5 Å². The van der Waals surface area contributed by atoms with Crippen molar-refractivity contribution in [2.45, 2.75) is 52.0 Å². The number of hydrogen-bond donors (Lipinski definition) is 1. The van der Waals surface area contributed by atoms with Gasteiger partial charge in [0.2, 0.25) is 0 Å². The maximum atomic E-state index is 12.8. The molecule has 1 N–H and O–H groups in total. The smallest absolute Gasteiger partial charge is 0.323 e. The molecular weight excluding hydrogens is 280 g/mol. The van der Waals surface area contributed by atoms with Gasteiger partial charge in [-0.15, -0.1) is 0 Å². The van der Waals surface area contributed by atoms with Crippen LogP contribution in [0.15, 0.2) is 18.3 Å². The van der Waals surface area contributed by atoms with E-state index in [1.165, 1.54) is 24.2 Å². The SMILES string of the molecule is Cc1cc(C(=O)N(CC(=O)O)C(C)C2CCCCC2)ccn1. The highest BCUT2D eigenvalue weighted by molar-refractivity contribution is 5.96. The molecule has 22 heavy (non-hydrogen) atoms. The zero-order valence-corrected chi connectivity index (χ0v) is 13.3. The highest BCUT2D eigenvalue weighted by atomic mass is 16.4. The van der Waals surface area contributed by atoms with Crippen LogP contribution in [0.2, 0.25) is 0 Å². The Kier molecular flexibility index (Phi) is 5.52. The van der Waals surface area contributed by atoms with Crippen molar-refractivity contribution < 1.29 is 14.7 Å². The van der Waals surface area contributed by atoms with E-state index in [1.54, 1.807) is 18.3 Å². The third kappa shape index (κ3) is 4.06. The molecule has 1 fully saturated rings. The van der Waals surface area contributed by atoms with E-state index in [1.807, 2.05) is 13.8 Å². The van der Waals surface area contributed by atoms with Gasteiger partial charge in [-0.2, -0.15) is 0 Å². The van der Waals surface area contributed by atoms with E-state index in [0.717, 1.165) is 18.5 Å². The van der Waals surface area contributed by atoms with E-state index in [-0.39, 0.29) is 18.5 Å².